The van der Waals surface area contributed by atoms with Gasteiger partial charge in [0.1, 0.15) is 0 Å². The molecular weight excluding hydrogens is 312 g/mol. The summed E-state index contributed by atoms with van der Waals surface area (Å²) in [6.07, 6.45) is 4.02. The number of amides is 1. The number of hydrogen-bond donors (Lipinski definition) is 2. The van der Waals surface area contributed by atoms with Crippen molar-refractivity contribution in [1.82, 2.24) is 5.32 Å². The third-order valence-electron chi connectivity index (χ3n) is 3.13. The van der Waals surface area contributed by atoms with Crippen molar-refractivity contribution >= 4 is 27.5 Å². The quantitative estimate of drug-likeness (QED) is 0.752. The van der Waals surface area contributed by atoms with Crippen LogP contribution in [-0.2, 0) is 10.0 Å². The maximum Gasteiger partial charge on any atom is 0.254 e. The van der Waals surface area contributed by atoms with Crippen LogP contribution in [0, 0.1) is 0 Å². The molecule has 1 aromatic rings. The van der Waals surface area contributed by atoms with Gasteiger partial charge in [0.05, 0.1) is 15.5 Å². The molecule has 0 radical (unpaired) electrons. The van der Waals surface area contributed by atoms with E-state index in [-0.39, 0.29) is 21.5 Å². The van der Waals surface area contributed by atoms with Crippen LogP contribution in [0.4, 0.5) is 0 Å². The molecule has 0 saturated carbocycles. The van der Waals surface area contributed by atoms with E-state index in [4.69, 9.17) is 16.7 Å². The molecule has 7 heteroatoms. The fourth-order valence-electron chi connectivity index (χ4n) is 2.03. The second kappa shape index (κ2) is 7.77. The highest BCUT2D eigenvalue weighted by atomic mass is 35.5. The van der Waals surface area contributed by atoms with Crippen LogP contribution in [-0.4, -0.2) is 20.4 Å². The molecule has 0 bridgehead atoms. The Kier molecular flexibility index (Phi) is 6.64. The van der Waals surface area contributed by atoms with Crippen molar-refractivity contribution in [3.63, 3.8) is 0 Å². The Morgan fingerprint density at radius 3 is 2.62 bits per heavy atom. The molecule has 1 unspecified atom stereocenters. The van der Waals surface area contributed by atoms with Crippen LogP contribution in [0.3, 0.4) is 0 Å². The molecule has 1 amide bonds. The third kappa shape index (κ3) is 5.30. The first-order valence-corrected chi connectivity index (χ1v) is 8.82. The predicted octanol–water partition coefficient (Wildman–Crippen LogP) is 2.69. The predicted molar refractivity (Wildman–Crippen MR) is 83.9 cm³/mol. The van der Waals surface area contributed by atoms with E-state index in [1.165, 1.54) is 18.2 Å². The Morgan fingerprint density at radius 2 is 2.05 bits per heavy atom. The van der Waals surface area contributed by atoms with Crippen LogP contribution >= 0.6 is 11.6 Å². The molecular formula is C14H21ClN2O3S. The standard InChI is InChI=1S/C14H21ClN2O3S/c1-3-4-5-7-10(2)17-14(18)13-11(15)8-6-9-12(13)21(16,19)20/h6,8-10H,3-5,7H2,1-2H3,(H,17,18)(H2,16,19,20). The number of nitrogens with two attached hydrogens (primary N) is 1. The highest BCUT2D eigenvalue weighted by Crippen LogP contribution is 2.23. The molecule has 0 fully saturated rings. The van der Waals surface area contributed by atoms with Gasteiger partial charge in [0.2, 0.25) is 10.0 Å². The minimum absolute atomic E-state index is 0.0614. The van der Waals surface area contributed by atoms with E-state index < -0.39 is 15.9 Å². The maximum atomic E-state index is 12.3. The Bertz CT molecular complexity index is 602. The third-order valence-corrected chi connectivity index (χ3v) is 4.40. The molecule has 0 spiro atoms. The average Bonchev–Trinajstić information content (AvgIpc) is 2.37. The minimum atomic E-state index is -4.00. The zero-order valence-electron chi connectivity index (χ0n) is 12.2. The lowest BCUT2D eigenvalue weighted by molar-refractivity contribution is 0.0934. The summed E-state index contributed by atoms with van der Waals surface area (Å²) in [5.41, 5.74) is -0.0935. The molecule has 0 heterocycles. The van der Waals surface area contributed by atoms with Crippen LogP contribution in [0.25, 0.3) is 0 Å². The summed E-state index contributed by atoms with van der Waals surface area (Å²) in [6.45, 7) is 3.98. The van der Waals surface area contributed by atoms with Gasteiger partial charge < -0.3 is 5.32 Å². The van der Waals surface area contributed by atoms with Crippen molar-refractivity contribution in [2.24, 2.45) is 5.14 Å². The maximum absolute atomic E-state index is 12.3. The van der Waals surface area contributed by atoms with E-state index >= 15 is 0 Å². The van der Waals surface area contributed by atoms with Crippen molar-refractivity contribution in [2.75, 3.05) is 0 Å². The second-order valence-corrected chi connectivity index (χ2v) is 6.97. The van der Waals surface area contributed by atoms with Crippen LogP contribution in [0.15, 0.2) is 23.1 Å². The topological polar surface area (TPSA) is 89.3 Å². The fourth-order valence-corrected chi connectivity index (χ4v) is 3.10. The molecule has 0 aromatic heterocycles. The number of carbonyl (C=O) groups excluding carboxylic acids is 1. The summed E-state index contributed by atoms with van der Waals surface area (Å²) in [5.74, 6) is -0.520. The molecule has 0 saturated heterocycles. The van der Waals surface area contributed by atoms with Crippen molar-refractivity contribution in [2.45, 2.75) is 50.5 Å². The Morgan fingerprint density at radius 1 is 1.38 bits per heavy atom. The van der Waals surface area contributed by atoms with Gasteiger partial charge >= 0.3 is 0 Å². The Balaban J connectivity index is 2.93. The number of carbonyl (C=O) groups is 1. The number of primary sulfonamides is 1. The number of hydrogen-bond acceptors (Lipinski definition) is 3. The van der Waals surface area contributed by atoms with Crippen LogP contribution in [0.5, 0.6) is 0 Å². The summed E-state index contributed by atoms with van der Waals surface area (Å²) in [7, 11) is -4.00. The number of sulfonamides is 1. The lowest BCUT2D eigenvalue weighted by Gasteiger charge is -2.16. The van der Waals surface area contributed by atoms with Gasteiger partial charge in [0.15, 0.2) is 0 Å². The average molecular weight is 333 g/mol. The molecule has 0 aliphatic heterocycles. The van der Waals surface area contributed by atoms with Gasteiger partial charge in [0, 0.05) is 6.04 Å². The fraction of sp³-hybridized carbons (Fsp3) is 0.500. The van der Waals surface area contributed by atoms with E-state index in [0.717, 1.165) is 25.7 Å². The highest BCUT2D eigenvalue weighted by Gasteiger charge is 2.23. The van der Waals surface area contributed by atoms with E-state index in [9.17, 15) is 13.2 Å². The van der Waals surface area contributed by atoms with Crippen molar-refractivity contribution in [3.05, 3.63) is 28.8 Å². The van der Waals surface area contributed by atoms with Gasteiger partial charge in [-0.1, -0.05) is 43.9 Å². The lowest BCUT2D eigenvalue weighted by atomic mass is 10.1. The van der Waals surface area contributed by atoms with Gasteiger partial charge in [-0.3, -0.25) is 4.79 Å². The summed E-state index contributed by atoms with van der Waals surface area (Å²) in [6, 6.07) is 4.13. The van der Waals surface area contributed by atoms with Crippen LogP contribution in [0.2, 0.25) is 5.02 Å². The zero-order valence-corrected chi connectivity index (χ0v) is 13.8. The molecule has 1 aromatic carbocycles. The molecule has 118 valence electrons. The molecule has 1 atom stereocenters. The molecule has 5 nitrogen and oxygen atoms in total. The van der Waals surface area contributed by atoms with Gasteiger partial charge in [-0.05, 0) is 25.5 Å². The SMILES string of the molecule is CCCCCC(C)NC(=O)c1c(Cl)cccc1S(N)(=O)=O. The number of unbranched alkanes of at least 4 members (excludes halogenated alkanes) is 2. The van der Waals surface area contributed by atoms with Gasteiger partial charge in [-0.25, -0.2) is 13.6 Å². The highest BCUT2D eigenvalue weighted by molar-refractivity contribution is 7.89. The van der Waals surface area contributed by atoms with Crippen LogP contribution in [0.1, 0.15) is 49.9 Å². The van der Waals surface area contributed by atoms with Gasteiger partial charge in [0.25, 0.3) is 5.91 Å². The molecule has 0 aliphatic rings. The van der Waals surface area contributed by atoms with Crippen molar-refractivity contribution in [1.29, 1.82) is 0 Å². The smallest absolute Gasteiger partial charge is 0.254 e. The number of halogens is 1. The number of rotatable bonds is 7. The molecule has 21 heavy (non-hydrogen) atoms. The first-order valence-electron chi connectivity index (χ1n) is 6.89. The van der Waals surface area contributed by atoms with E-state index in [1.807, 2.05) is 6.92 Å². The summed E-state index contributed by atoms with van der Waals surface area (Å²) >= 11 is 5.96. The monoisotopic (exact) mass is 332 g/mol. The minimum Gasteiger partial charge on any atom is -0.350 e. The zero-order chi connectivity index (χ0) is 16.0. The van der Waals surface area contributed by atoms with Crippen molar-refractivity contribution in [3.8, 4) is 0 Å². The Labute approximate surface area is 130 Å². The summed E-state index contributed by atoms with van der Waals surface area (Å²) in [4.78, 5) is 12.0. The largest absolute Gasteiger partial charge is 0.350 e. The number of nitrogens with one attached hydrogen (secondary N) is 1. The van der Waals surface area contributed by atoms with E-state index in [2.05, 4.69) is 12.2 Å². The van der Waals surface area contributed by atoms with Gasteiger partial charge in [-0.2, -0.15) is 0 Å². The number of benzene rings is 1. The van der Waals surface area contributed by atoms with Crippen LogP contribution < -0.4 is 10.5 Å². The van der Waals surface area contributed by atoms with Crippen molar-refractivity contribution < 1.29 is 13.2 Å². The second-order valence-electron chi connectivity index (χ2n) is 5.03. The first kappa shape index (κ1) is 17.9. The first-order chi connectivity index (χ1) is 9.77. The van der Waals surface area contributed by atoms with E-state index in [1.54, 1.807) is 0 Å². The summed E-state index contributed by atoms with van der Waals surface area (Å²) < 4.78 is 23.1. The molecule has 1 rings (SSSR count). The molecule has 3 N–H and O–H groups in total. The van der Waals surface area contributed by atoms with Gasteiger partial charge in [-0.15, -0.1) is 0 Å². The molecule has 0 aliphatic carbocycles. The van der Waals surface area contributed by atoms with E-state index in [0.29, 0.717) is 0 Å². The lowest BCUT2D eigenvalue weighted by Crippen LogP contribution is -2.34. The normalized spacial score (nSPS) is 13.0. The Hall–Kier alpha value is -1.11. The summed E-state index contributed by atoms with van der Waals surface area (Å²) in [5, 5.41) is 7.96.